The zero-order chi connectivity index (χ0) is 28.6. The van der Waals surface area contributed by atoms with E-state index in [1.54, 1.807) is 24.3 Å². The summed E-state index contributed by atoms with van der Waals surface area (Å²) in [5.41, 5.74) is 4.70. The molecule has 1 atom stereocenters. The van der Waals surface area contributed by atoms with Crippen LogP contribution in [0.25, 0.3) is 0 Å². The number of carbonyl (C=O) groups excluding carboxylic acids is 2. The van der Waals surface area contributed by atoms with E-state index >= 15 is 0 Å². The first-order valence-corrected chi connectivity index (χ1v) is 15.0. The van der Waals surface area contributed by atoms with E-state index < -0.39 is 0 Å². The number of thioether (sulfide) groups is 1. The van der Waals surface area contributed by atoms with Crippen molar-refractivity contribution in [3.05, 3.63) is 113 Å². The molecule has 8 heteroatoms. The van der Waals surface area contributed by atoms with Crippen molar-refractivity contribution >= 4 is 23.5 Å². The lowest BCUT2D eigenvalue weighted by atomic mass is 9.87. The molecule has 41 heavy (non-hydrogen) atoms. The Hall–Kier alpha value is -3.88. The Labute approximate surface area is 245 Å². The van der Waals surface area contributed by atoms with Crippen LogP contribution >= 0.6 is 11.8 Å². The van der Waals surface area contributed by atoms with E-state index in [9.17, 15) is 9.59 Å². The molecule has 0 unspecified atom stereocenters. The van der Waals surface area contributed by atoms with E-state index in [2.05, 4.69) is 22.4 Å². The van der Waals surface area contributed by atoms with Crippen LogP contribution in [0.3, 0.4) is 0 Å². The van der Waals surface area contributed by atoms with Crippen molar-refractivity contribution in [1.29, 1.82) is 0 Å². The summed E-state index contributed by atoms with van der Waals surface area (Å²) in [5, 5.41) is 2.96. The topological polar surface area (TPSA) is 76.5 Å². The van der Waals surface area contributed by atoms with E-state index in [4.69, 9.17) is 4.74 Å². The number of rotatable bonds is 12. The van der Waals surface area contributed by atoms with Crippen molar-refractivity contribution < 1.29 is 14.3 Å². The molecule has 0 fully saturated rings. The average molecular weight is 569 g/mol. The molecule has 3 aromatic carbocycles. The van der Waals surface area contributed by atoms with E-state index in [0.29, 0.717) is 30.8 Å². The molecule has 7 nitrogen and oxygen atoms in total. The highest BCUT2D eigenvalue weighted by Gasteiger charge is 2.25. The van der Waals surface area contributed by atoms with Gasteiger partial charge in [-0.15, -0.1) is 11.8 Å². The average Bonchev–Trinajstić information content (AvgIpc) is 3.50. The predicted octanol–water partition coefficient (Wildman–Crippen LogP) is 5.81. The van der Waals surface area contributed by atoms with Gasteiger partial charge in [0.2, 0.25) is 0 Å². The number of ketones is 1. The number of nitrogens with one attached hydrogen (secondary N) is 1. The Morgan fingerprint density at radius 3 is 2.61 bits per heavy atom. The van der Waals surface area contributed by atoms with Gasteiger partial charge in [-0.1, -0.05) is 30.3 Å². The molecule has 1 heterocycles. The lowest BCUT2D eigenvalue weighted by molar-refractivity contribution is 0.0948. The minimum absolute atomic E-state index is 0.0698. The molecular weight excluding hydrogens is 532 g/mol. The highest BCUT2D eigenvalue weighted by Crippen LogP contribution is 2.38. The van der Waals surface area contributed by atoms with Gasteiger partial charge in [-0.3, -0.25) is 9.59 Å². The van der Waals surface area contributed by atoms with Gasteiger partial charge in [-0.2, -0.15) is 0 Å². The van der Waals surface area contributed by atoms with E-state index in [1.165, 1.54) is 0 Å². The highest BCUT2D eigenvalue weighted by atomic mass is 32.2. The minimum atomic E-state index is -0.225. The molecule has 5 rings (SSSR count). The standard InChI is InChI=1S/C33H36N4O3S/c1-36(2)19-18-35-33(39)25-11-13-26(14-12-25)41-22-29-27-9-6-10-30(38)28(27)15-16-31(29)40-32(21-37-20-17-34-23-37)24-7-4-3-5-8-24/h3-5,7-8,11-17,20,23,32H,6,9-10,18-19,21-22H2,1-2H3,(H,35,39)/t32-/m1/s1. The number of nitrogens with zero attached hydrogens (tertiary/aromatic N) is 3. The number of benzene rings is 3. The van der Waals surface area contributed by atoms with Crippen molar-refractivity contribution in [3.63, 3.8) is 0 Å². The summed E-state index contributed by atoms with van der Waals surface area (Å²) in [5.74, 6) is 1.59. The first-order valence-electron chi connectivity index (χ1n) is 14.0. The number of aromatic nitrogens is 2. The third kappa shape index (κ3) is 7.45. The van der Waals surface area contributed by atoms with Gasteiger partial charge in [0.25, 0.3) is 5.91 Å². The smallest absolute Gasteiger partial charge is 0.251 e. The number of hydrogen-bond donors (Lipinski definition) is 1. The van der Waals surface area contributed by atoms with Crippen LogP contribution in [0, 0.1) is 0 Å². The van der Waals surface area contributed by atoms with Gasteiger partial charge in [-0.25, -0.2) is 4.98 Å². The SMILES string of the molecule is CN(C)CCNC(=O)c1ccc(SCc2c(O[C@H](Cn3ccnc3)c3ccccc3)ccc3c2CCCC3=O)cc1. The monoisotopic (exact) mass is 568 g/mol. The van der Waals surface area contributed by atoms with Crippen LogP contribution in [0.2, 0.25) is 0 Å². The molecule has 0 bridgehead atoms. The van der Waals surface area contributed by atoms with Gasteiger partial charge in [0.1, 0.15) is 11.9 Å². The molecule has 1 aliphatic carbocycles. The molecule has 1 aromatic heterocycles. The number of likely N-dealkylation sites (N-methyl/N-ethyl adjacent to an activating group) is 1. The molecule has 1 amide bonds. The van der Waals surface area contributed by atoms with Gasteiger partial charge in [-0.05, 0) is 74.5 Å². The predicted molar refractivity (Wildman–Crippen MR) is 163 cm³/mol. The summed E-state index contributed by atoms with van der Waals surface area (Å²) >= 11 is 1.69. The summed E-state index contributed by atoms with van der Waals surface area (Å²) in [7, 11) is 3.96. The number of fused-ring (bicyclic) bond motifs is 1. The number of Topliss-reactive ketones (excluding diaryl/α,β-unsaturated/α-hetero) is 1. The van der Waals surface area contributed by atoms with Crippen LogP contribution < -0.4 is 10.1 Å². The second-order valence-corrected chi connectivity index (χ2v) is 11.5. The van der Waals surface area contributed by atoms with Gasteiger partial charge < -0.3 is 19.5 Å². The highest BCUT2D eigenvalue weighted by molar-refractivity contribution is 7.98. The van der Waals surface area contributed by atoms with Crippen LogP contribution in [-0.4, -0.2) is 53.3 Å². The van der Waals surface area contributed by atoms with Crippen LogP contribution in [0.15, 0.2) is 90.3 Å². The van der Waals surface area contributed by atoms with Crippen LogP contribution in [0.4, 0.5) is 0 Å². The van der Waals surface area contributed by atoms with Crippen molar-refractivity contribution in [1.82, 2.24) is 19.8 Å². The number of ether oxygens (including phenoxy) is 1. The summed E-state index contributed by atoms with van der Waals surface area (Å²) in [6.45, 7) is 2.01. The Balaban J connectivity index is 1.37. The zero-order valence-corrected chi connectivity index (χ0v) is 24.4. The molecule has 0 radical (unpaired) electrons. The number of carbonyl (C=O) groups is 2. The third-order valence-corrected chi connectivity index (χ3v) is 8.28. The van der Waals surface area contributed by atoms with Crippen molar-refractivity contribution in [3.8, 4) is 5.75 Å². The molecule has 4 aromatic rings. The fourth-order valence-electron chi connectivity index (χ4n) is 5.02. The molecule has 0 aliphatic heterocycles. The van der Waals surface area contributed by atoms with E-state index in [0.717, 1.165) is 52.3 Å². The Bertz CT molecular complexity index is 1450. The van der Waals surface area contributed by atoms with Gasteiger partial charge >= 0.3 is 0 Å². The van der Waals surface area contributed by atoms with Gasteiger partial charge in [0.05, 0.1) is 12.9 Å². The first-order chi connectivity index (χ1) is 20.0. The minimum Gasteiger partial charge on any atom is -0.484 e. The summed E-state index contributed by atoms with van der Waals surface area (Å²) in [6.07, 6.45) is 7.58. The molecule has 0 saturated heterocycles. The van der Waals surface area contributed by atoms with Crippen molar-refractivity contribution in [2.45, 2.75) is 42.6 Å². The Kier molecular flexibility index (Phi) is 9.54. The largest absolute Gasteiger partial charge is 0.484 e. The molecule has 0 spiro atoms. The second kappa shape index (κ2) is 13.7. The van der Waals surface area contributed by atoms with Gasteiger partial charge in [0.15, 0.2) is 5.78 Å². The van der Waals surface area contributed by atoms with E-state index in [1.807, 2.05) is 84.4 Å². The normalized spacial score (nSPS) is 13.6. The van der Waals surface area contributed by atoms with Crippen molar-refractivity contribution in [2.24, 2.45) is 0 Å². The molecular formula is C33H36N4O3S. The zero-order valence-electron chi connectivity index (χ0n) is 23.6. The summed E-state index contributed by atoms with van der Waals surface area (Å²) in [6, 6.07) is 21.8. The Morgan fingerprint density at radius 2 is 1.88 bits per heavy atom. The number of hydrogen-bond acceptors (Lipinski definition) is 6. The van der Waals surface area contributed by atoms with E-state index in [-0.39, 0.29) is 17.8 Å². The van der Waals surface area contributed by atoms with Crippen LogP contribution in [0.1, 0.15) is 56.4 Å². The lowest BCUT2D eigenvalue weighted by Crippen LogP contribution is -2.31. The fourth-order valence-corrected chi connectivity index (χ4v) is 5.97. The Morgan fingerprint density at radius 1 is 1.07 bits per heavy atom. The second-order valence-electron chi connectivity index (χ2n) is 10.5. The molecule has 212 valence electrons. The quantitative estimate of drug-likeness (QED) is 0.218. The summed E-state index contributed by atoms with van der Waals surface area (Å²) in [4.78, 5) is 32.6. The summed E-state index contributed by atoms with van der Waals surface area (Å²) < 4.78 is 8.79. The van der Waals surface area contributed by atoms with Crippen molar-refractivity contribution in [2.75, 3.05) is 27.2 Å². The van der Waals surface area contributed by atoms with Crippen LogP contribution in [-0.2, 0) is 18.7 Å². The first kappa shape index (κ1) is 28.6. The molecule has 1 N–H and O–H groups in total. The maximum atomic E-state index is 12.8. The molecule has 1 aliphatic rings. The lowest BCUT2D eigenvalue weighted by Gasteiger charge is -2.25. The third-order valence-electron chi connectivity index (χ3n) is 7.24. The number of amides is 1. The number of imidazole rings is 1. The van der Waals surface area contributed by atoms with Gasteiger partial charge in [0, 0.05) is 59.2 Å². The maximum absolute atomic E-state index is 12.8. The fraction of sp³-hybridized carbons (Fsp3) is 0.303. The molecule has 0 saturated carbocycles. The van der Waals surface area contributed by atoms with Crippen LogP contribution in [0.5, 0.6) is 5.75 Å². The maximum Gasteiger partial charge on any atom is 0.251 e.